The second-order valence-corrected chi connectivity index (χ2v) is 7.89. The van der Waals surface area contributed by atoms with Crippen LogP contribution in [0.5, 0.6) is 0 Å². The molecule has 0 saturated carbocycles. The third kappa shape index (κ3) is 2.92. The highest BCUT2D eigenvalue weighted by molar-refractivity contribution is 7.23. The van der Waals surface area contributed by atoms with Crippen molar-refractivity contribution in [2.24, 2.45) is 0 Å². The van der Waals surface area contributed by atoms with Crippen LogP contribution in [0, 0.1) is 0 Å². The molecule has 2 heteroatoms. The molecule has 0 bridgehead atoms. The second-order valence-electron chi connectivity index (χ2n) is 2.63. The SMILES string of the molecule is C[B][Si](C)(C)CC. The van der Waals surface area contributed by atoms with Crippen LogP contribution in [0.1, 0.15) is 6.92 Å². The number of hydrogen-bond acceptors (Lipinski definition) is 0. The summed E-state index contributed by atoms with van der Waals surface area (Å²) in [5, 5.41) is 0. The maximum atomic E-state index is 2.38. The molecular weight excluding hydrogens is 99.0 g/mol. The minimum atomic E-state index is -0.776. The van der Waals surface area contributed by atoms with Crippen LogP contribution in [0.3, 0.4) is 0 Å². The summed E-state index contributed by atoms with van der Waals surface area (Å²) in [5.74, 6) is 0. The monoisotopic (exact) mass is 113 g/mol. The standard InChI is InChI=1S/C5H14BSi/c1-5-7(3,4)6-2/h5H2,1-4H3. The van der Waals surface area contributed by atoms with Crippen LogP contribution in [-0.2, 0) is 0 Å². The van der Waals surface area contributed by atoms with Crippen LogP contribution in [0.2, 0.25) is 26.0 Å². The van der Waals surface area contributed by atoms with Crippen molar-refractivity contribution in [1.82, 2.24) is 0 Å². The van der Waals surface area contributed by atoms with E-state index in [2.05, 4.69) is 33.7 Å². The molecule has 0 heterocycles. The van der Waals surface area contributed by atoms with E-state index in [1.807, 2.05) is 0 Å². The summed E-state index contributed by atoms with van der Waals surface area (Å²) in [4.78, 5) is 0. The Bertz CT molecular complexity index is 46.0. The fourth-order valence-corrected chi connectivity index (χ4v) is 0.612. The molecule has 0 aliphatic rings. The van der Waals surface area contributed by atoms with Gasteiger partial charge in [-0.1, -0.05) is 32.9 Å². The van der Waals surface area contributed by atoms with Gasteiger partial charge in [0.05, 0.1) is 6.87 Å². The highest BCUT2D eigenvalue weighted by Crippen LogP contribution is 2.04. The molecule has 0 N–H and O–H groups in total. The number of hydrogen-bond donors (Lipinski definition) is 0. The molecule has 0 aromatic carbocycles. The Balaban J connectivity index is 3.36. The van der Waals surface area contributed by atoms with E-state index < -0.39 is 7.94 Å². The largest absolute Gasteiger partial charge is 0.0989 e. The molecule has 0 aliphatic heterocycles. The highest BCUT2D eigenvalue weighted by Gasteiger charge is 2.13. The zero-order chi connectivity index (χ0) is 5.91. The lowest BCUT2D eigenvalue weighted by Crippen LogP contribution is -2.30. The first-order chi connectivity index (χ1) is 3.12. The van der Waals surface area contributed by atoms with Crippen LogP contribution >= 0.6 is 0 Å². The van der Waals surface area contributed by atoms with E-state index in [9.17, 15) is 0 Å². The first-order valence-corrected chi connectivity index (χ1v) is 6.21. The molecule has 0 nitrogen and oxygen atoms in total. The Labute approximate surface area is 48.5 Å². The van der Waals surface area contributed by atoms with Crippen LogP contribution in [0.4, 0.5) is 0 Å². The lowest BCUT2D eigenvalue weighted by atomic mass is 10.2. The van der Waals surface area contributed by atoms with Crippen LogP contribution < -0.4 is 0 Å². The van der Waals surface area contributed by atoms with Crippen molar-refractivity contribution < 1.29 is 0 Å². The molecule has 0 aromatic rings. The quantitative estimate of drug-likeness (QED) is 0.480. The minimum absolute atomic E-state index is 0.776. The average molecular weight is 113 g/mol. The first-order valence-electron chi connectivity index (χ1n) is 2.93. The van der Waals surface area contributed by atoms with Gasteiger partial charge < -0.3 is 0 Å². The second kappa shape index (κ2) is 2.56. The van der Waals surface area contributed by atoms with E-state index in [4.69, 9.17) is 0 Å². The molecule has 7 heavy (non-hydrogen) atoms. The van der Waals surface area contributed by atoms with Gasteiger partial charge in [-0.3, -0.25) is 0 Å². The Hall–Kier alpha value is 0.282. The molecule has 41 valence electrons. The molecule has 0 aromatic heterocycles. The van der Waals surface area contributed by atoms with Crippen molar-refractivity contribution in [3.8, 4) is 0 Å². The molecule has 0 spiro atoms. The van der Waals surface area contributed by atoms with Gasteiger partial charge in [-0.05, 0) is 0 Å². The molecule has 0 fully saturated rings. The van der Waals surface area contributed by atoms with Gasteiger partial charge in [0.15, 0.2) is 0 Å². The minimum Gasteiger partial charge on any atom is -0.0941 e. The lowest BCUT2D eigenvalue weighted by molar-refractivity contribution is 1.40. The van der Waals surface area contributed by atoms with Gasteiger partial charge in [-0.15, -0.1) is 0 Å². The van der Waals surface area contributed by atoms with Gasteiger partial charge in [0.1, 0.15) is 0 Å². The van der Waals surface area contributed by atoms with E-state index >= 15 is 0 Å². The van der Waals surface area contributed by atoms with Crippen LogP contribution in [0.25, 0.3) is 0 Å². The summed E-state index contributed by atoms with van der Waals surface area (Å²) in [7, 11) is -0.776. The predicted octanol–water partition coefficient (Wildman–Crippen LogP) is 1.96. The summed E-state index contributed by atoms with van der Waals surface area (Å²) in [6.07, 6.45) is 0. The molecule has 0 amide bonds. The van der Waals surface area contributed by atoms with E-state index in [1.54, 1.807) is 0 Å². The highest BCUT2D eigenvalue weighted by atomic mass is 28.3. The Kier molecular flexibility index (Phi) is 2.66. The van der Waals surface area contributed by atoms with Gasteiger partial charge in [-0.2, -0.15) is 0 Å². The fraction of sp³-hybridized carbons (Fsp3) is 1.00. The molecule has 0 unspecified atom stereocenters. The third-order valence-corrected chi connectivity index (χ3v) is 5.08. The summed E-state index contributed by atoms with van der Waals surface area (Å²) < 4.78 is 0. The zero-order valence-electron chi connectivity index (χ0n) is 5.78. The van der Waals surface area contributed by atoms with Crippen molar-refractivity contribution >= 4 is 14.8 Å². The van der Waals surface area contributed by atoms with Gasteiger partial charge in [0.2, 0.25) is 0 Å². The maximum absolute atomic E-state index is 2.38. The van der Waals surface area contributed by atoms with Crippen LogP contribution in [0.15, 0.2) is 0 Å². The topological polar surface area (TPSA) is 0 Å². The smallest absolute Gasteiger partial charge is 0.0941 e. The Morgan fingerprint density at radius 1 is 1.43 bits per heavy atom. The van der Waals surface area contributed by atoms with Crippen molar-refractivity contribution in [2.75, 3.05) is 0 Å². The maximum Gasteiger partial charge on any atom is 0.0989 e. The van der Waals surface area contributed by atoms with Crippen LogP contribution in [-0.4, -0.2) is 14.8 Å². The van der Waals surface area contributed by atoms with Crippen molar-refractivity contribution in [3.05, 3.63) is 0 Å². The van der Waals surface area contributed by atoms with Gasteiger partial charge in [0, 0.05) is 7.94 Å². The normalized spacial score (nSPS) is 11.4. The van der Waals surface area contributed by atoms with Crippen molar-refractivity contribution in [3.63, 3.8) is 0 Å². The van der Waals surface area contributed by atoms with Crippen molar-refractivity contribution in [2.45, 2.75) is 32.9 Å². The predicted molar refractivity (Wildman–Crippen MR) is 39.6 cm³/mol. The average Bonchev–Trinajstić information content (AvgIpc) is 1.68. The molecule has 0 aliphatic carbocycles. The Morgan fingerprint density at radius 2 is 1.86 bits per heavy atom. The first kappa shape index (κ1) is 7.28. The molecule has 0 saturated heterocycles. The Morgan fingerprint density at radius 3 is 1.86 bits per heavy atom. The van der Waals surface area contributed by atoms with E-state index in [0.717, 1.165) is 0 Å². The summed E-state index contributed by atoms with van der Waals surface area (Å²) in [5.41, 5.74) is 0. The summed E-state index contributed by atoms with van der Waals surface area (Å²) >= 11 is 0. The third-order valence-electron chi connectivity index (χ3n) is 1.69. The fourth-order valence-electron chi connectivity index (χ4n) is 0.204. The number of rotatable bonds is 2. The molecule has 1 radical (unpaired) electrons. The zero-order valence-corrected chi connectivity index (χ0v) is 6.78. The molecule has 0 atom stereocenters. The summed E-state index contributed by atoms with van der Waals surface area (Å²) in [6, 6.07) is 1.38. The molecule has 0 rings (SSSR count). The lowest BCUT2D eigenvalue weighted by Gasteiger charge is -2.15. The van der Waals surface area contributed by atoms with Gasteiger partial charge in [-0.25, -0.2) is 0 Å². The van der Waals surface area contributed by atoms with Crippen molar-refractivity contribution in [1.29, 1.82) is 0 Å². The van der Waals surface area contributed by atoms with Gasteiger partial charge >= 0.3 is 0 Å². The summed E-state index contributed by atoms with van der Waals surface area (Å²) in [6.45, 7) is 11.6. The van der Waals surface area contributed by atoms with E-state index in [-0.39, 0.29) is 0 Å². The van der Waals surface area contributed by atoms with Gasteiger partial charge in [0.25, 0.3) is 0 Å². The van der Waals surface area contributed by atoms with E-state index in [0.29, 0.717) is 0 Å². The van der Waals surface area contributed by atoms with E-state index in [1.165, 1.54) is 6.04 Å². The molecular formula is C5H14BSi.